The van der Waals surface area contributed by atoms with Crippen molar-refractivity contribution in [2.24, 2.45) is 0 Å². The van der Waals surface area contributed by atoms with Crippen molar-refractivity contribution >= 4 is 23.1 Å². The number of aryl methyl sites for hydroxylation is 1. The summed E-state index contributed by atoms with van der Waals surface area (Å²) in [5.74, 6) is -0.172. The van der Waals surface area contributed by atoms with E-state index in [1.165, 1.54) is 18.3 Å². The summed E-state index contributed by atoms with van der Waals surface area (Å²) in [6.07, 6.45) is 1.07. The summed E-state index contributed by atoms with van der Waals surface area (Å²) in [5, 5.41) is 0. The molecule has 0 spiro atoms. The Balaban J connectivity index is 2.28. The second-order valence-corrected chi connectivity index (χ2v) is 4.64. The molecule has 0 radical (unpaired) electrons. The van der Waals surface area contributed by atoms with Crippen LogP contribution in [0.3, 0.4) is 0 Å². The van der Waals surface area contributed by atoms with E-state index in [1.807, 2.05) is 13.0 Å². The van der Waals surface area contributed by atoms with Crippen molar-refractivity contribution in [3.05, 3.63) is 21.9 Å². The van der Waals surface area contributed by atoms with Crippen LogP contribution >= 0.6 is 11.3 Å². The van der Waals surface area contributed by atoms with Crippen molar-refractivity contribution in [1.29, 1.82) is 0 Å². The van der Waals surface area contributed by atoms with Gasteiger partial charge in [0.15, 0.2) is 0 Å². The molecule has 0 bridgehead atoms. The Morgan fingerprint density at radius 1 is 1.40 bits per heavy atom. The van der Waals surface area contributed by atoms with Gasteiger partial charge in [-0.3, -0.25) is 0 Å². The van der Waals surface area contributed by atoms with Gasteiger partial charge in [-0.15, -0.1) is 11.3 Å². The summed E-state index contributed by atoms with van der Waals surface area (Å²) < 4.78 is 5.01. The Bertz CT molecular complexity index is 354. The first-order valence-electron chi connectivity index (χ1n) is 4.82. The standard InChI is InChI=1S/C11H14O3S/c1-8(12)4-3-7-14-11(13)10-6-5-9(2)15-10/h5-6H,3-4,7H2,1-2H3. The first kappa shape index (κ1) is 11.9. The van der Waals surface area contributed by atoms with Gasteiger partial charge in [-0.2, -0.15) is 0 Å². The summed E-state index contributed by atoms with van der Waals surface area (Å²) in [7, 11) is 0. The number of ether oxygens (including phenoxy) is 1. The first-order chi connectivity index (χ1) is 7.09. The fourth-order valence-corrected chi connectivity index (χ4v) is 1.86. The molecule has 0 aliphatic carbocycles. The summed E-state index contributed by atoms with van der Waals surface area (Å²) in [4.78, 5) is 23.7. The minimum absolute atomic E-state index is 0.123. The molecule has 0 fully saturated rings. The Hall–Kier alpha value is -1.16. The Kier molecular flexibility index (Phi) is 4.49. The fourth-order valence-electron chi connectivity index (χ4n) is 1.10. The third-order valence-corrected chi connectivity index (χ3v) is 2.83. The third-order valence-electron chi connectivity index (χ3n) is 1.85. The number of rotatable bonds is 5. The molecule has 1 aromatic rings. The highest BCUT2D eigenvalue weighted by molar-refractivity contribution is 7.13. The molecule has 1 aromatic heterocycles. The van der Waals surface area contributed by atoms with Gasteiger partial charge in [0.05, 0.1) is 6.61 Å². The Labute approximate surface area is 93.1 Å². The number of Topliss-reactive ketones (excluding diaryl/α,β-unsaturated/α-hetero) is 1. The topological polar surface area (TPSA) is 43.4 Å². The highest BCUT2D eigenvalue weighted by atomic mass is 32.1. The van der Waals surface area contributed by atoms with Gasteiger partial charge in [0.25, 0.3) is 0 Å². The van der Waals surface area contributed by atoms with Crippen molar-refractivity contribution in [1.82, 2.24) is 0 Å². The first-order valence-corrected chi connectivity index (χ1v) is 5.64. The average Bonchev–Trinajstić information content (AvgIpc) is 2.59. The van der Waals surface area contributed by atoms with Crippen LogP contribution in [-0.4, -0.2) is 18.4 Å². The molecule has 0 aliphatic heterocycles. The highest BCUT2D eigenvalue weighted by Gasteiger charge is 2.08. The van der Waals surface area contributed by atoms with Crippen molar-refractivity contribution < 1.29 is 14.3 Å². The van der Waals surface area contributed by atoms with E-state index in [0.717, 1.165) is 4.88 Å². The van der Waals surface area contributed by atoms with Gasteiger partial charge >= 0.3 is 5.97 Å². The van der Waals surface area contributed by atoms with Gasteiger partial charge in [-0.1, -0.05) is 0 Å². The number of hydrogen-bond donors (Lipinski definition) is 0. The molecule has 4 heteroatoms. The monoisotopic (exact) mass is 226 g/mol. The molecule has 82 valence electrons. The lowest BCUT2D eigenvalue weighted by atomic mass is 10.2. The maximum Gasteiger partial charge on any atom is 0.348 e. The van der Waals surface area contributed by atoms with E-state index in [2.05, 4.69) is 0 Å². The molecule has 0 aliphatic rings. The highest BCUT2D eigenvalue weighted by Crippen LogP contribution is 2.15. The van der Waals surface area contributed by atoms with Gasteiger partial charge in [0.2, 0.25) is 0 Å². The van der Waals surface area contributed by atoms with E-state index >= 15 is 0 Å². The van der Waals surface area contributed by atoms with Gasteiger partial charge < -0.3 is 9.53 Å². The summed E-state index contributed by atoms with van der Waals surface area (Å²) in [6.45, 7) is 3.79. The van der Waals surface area contributed by atoms with Crippen LogP contribution in [0.1, 0.15) is 34.3 Å². The Morgan fingerprint density at radius 2 is 2.13 bits per heavy atom. The van der Waals surface area contributed by atoms with Crippen LogP contribution in [0, 0.1) is 6.92 Å². The van der Waals surface area contributed by atoms with Crippen molar-refractivity contribution in [2.45, 2.75) is 26.7 Å². The number of carbonyl (C=O) groups excluding carboxylic acids is 2. The Morgan fingerprint density at radius 3 is 2.67 bits per heavy atom. The number of thiophene rings is 1. The molecule has 0 unspecified atom stereocenters. The molecule has 0 atom stereocenters. The molecule has 0 N–H and O–H groups in total. The normalized spacial score (nSPS) is 10.0. The smallest absolute Gasteiger partial charge is 0.348 e. The van der Waals surface area contributed by atoms with E-state index in [1.54, 1.807) is 6.07 Å². The molecule has 1 heterocycles. The van der Waals surface area contributed by atoms with Crippen LogP contribution < -0.4 is 0 Å². The number of hydrogen-bond acceptors (Lipinski definition) is 4. The molecule has 15 heavy (non-hydrogen) atoms. The van der Waals surface area contributed by atoms with E-state index in [0.29, 0.717) is 24.3 Å². The molecule has 3 nitrogen and oxygen atoms in total. The van der Waals surface area contributed by atoms with Gasteiger partial charge in [-0.25, -0.2) is 4.79 Å². The molecule has 1 rings (SSSR count). The number of carbonyl (C=O) groups is 2. The number of ketones is 1. The molecular weight excluding hydrogens is 212 g/mol. The SMILES string of the molecule is CC(=O)CCCOC(=O)c1ccc(C)s1. The van der Waals surface area contributed by atoms with Crippen LogP contribution in [0.2, 0.25) is 0 Å². The van der Waals surface area contributed by atoms with Crippen molar-refractivity contribution in [2.75, 3.05) is 6.61 Å². The average molecular weight is 226 g/mol. The van der Waals surface area contributed by atoms with Crippen molar-refractivity contribution in [3.63, 3.8) is 0 Å². The summed E-state index contributed by atoms with van der Waals surface area (Å²) in [5.41, 5.74) is 0. The largest absolute Gasteiger partial charge is 0.461 e. The second-order valence-electron chi connectivity index (χ2n) is 3.35. The molecule has 0 amide bonds. The zero-order valence-electron chi connectivity index (χ0n) is 8.91. The predicted molar refractivity (Wildman–Crippen MR) is 59.3 cm³/mol. The lowest BCUT2D eigenvalue weighted by Gasteiger charge is -2.01. The van der Waals surface area contributed by atoms with E-state index in [4.69, 9.17) is 4.74 Å². The lowest BCUT2D eigenvalue weighted by Crippen LogP contribution is -2.05. The summed E-state index contributed by atoms with van der Waals surface area (Å²) in [6, 6.07) is 3.64. The van der Waals surface area contributed by atoms with Crippen LogP contribution in [-0.2, 0) is 9.53 Å². The van der Waals surface area contributed by atoms with Crippen molar-refractivity contribution in [3.8, 4) is 0 Å². The quantitative estimate of drug-likeness (QED) is 0.572. The zero-order chi connectivity index (χ0) is 11.3. The molecular formula is C11H14O3S. The molecule has 0 saturated carbocycles. The van der Waals surface area contributed by atoms with Crippen LogP contribution in [0.15, 0.2) is 12.1 Å². The van der Waals surface area contributed by atoms with E-state index in [9.17, 15) is 9.59 Å². The maximum absolute atomic E-state index is 11.4. The minimum Gasteiger partial charge on any atom is -0.461 e. The van der Waals surface area contributed by atoms with Gasteiger partial charge in [0.1, 0.15) is 10.7 Å². The minimum atomic E-state index is -0.295. The lowest BCUT2D eigenvalue weighted by molar-refractivity contribution is -0.117. The zero-order valence-corrected chi connectivity index (χ0v) is 9.73. The fraction of sp³-hybridized carbons (Fsp3) is 0.455. The molecule has 0 aromatic carbocycles. The number of esters is 1. The van der Waals surface area contributed by atoms with Gasteiger partial charge in [-0.05, 0) is 32.4 Å². The molecule has 0 saturated heterocycles. The van der Waals surface area contributed by atoms with E-state index < -0.39 is 0 Å². The summed E-state index contributed by atoms with van der Waals surface area (Å²) >= 11 is 1.42. The predicted octanol–water partition coefficient (Wildman–Crippen LogP) is 2.58. The van der Waals surface area contributed by atoms with Crippen LogP contribution in [0.4, 0.5) is 0 Å². The van der Waals surface area contributed by atoms with Crippen LogP contribution in [0.5, 0.6) is 0 Å². The maximum atomic E-state index is 11.4. The second kappa shape index (κ2) is 5.66. The van der Waals surface area contributed by atoms with Crippen LogP contribution in [0.25, 0.3) is 0 Å². The van der Waals surface area contributed by atoms with E-state index in [-0.39, 0.29) is 11.8 Å². The third kappa shape index (κ3) is 4.25. The van der Waals surface area contributed by atoms with Gasteiger partial charge in [0, 0.05) is 11.3 Å².